The van der Waals surface area contributed by atoms with Gasteiger partial charge in [0.05, 0.1) is 10.6 Å². The molecule has 0 saturated heterocycles. The average Bonchev–Trinajstić information content (AvgIpc) is 1.98. The van der Waals surface area contributed by atoms with Crippen LogP contribution in [0.5, 0.6) is 0 Å². The van der Waals surface area contributed by atoms with Crippen molar-refractivity contribution in [2.75, 3.05) is 0 Å². The topological polar surface area (TPSA) is 40.9 Å². The molecule has 0 spiro atoms. The molecule has 0 N–H and O–H groups in total. The van der Waals surface area contributed by atoms with Gasteiger partial charge in [0, 0.05) is 6.42 Å². The molecule has 0 aromatic heterocycles. The first-order chi connectivity index (χ1) is 5.09. The van der Waals surface area contributed by atoms with Crippen LogP contribution in [0.2, 0.25) is 0 Å². The van der Waals surface area contributed by atoms with Crippen LogP contribution in [-0.4, -0.2) is 5.78 Å². The zero-order chi connectivity index (χ0) is 8.85. The van der Waals surface area contributed by atoms with Gasteiger partial charge in [0.2, 0.25) is 0 Å². The molecule has 0 aliphatic carbocycles. The van der Waals surface area contributed by atoms with E-state index in [1.807, 2.05) is 13.0 Å². The van der Waals surface area contributed by atoms with Crippen molar-refractivity contribution in [2.45, 2.75) is 26.7 Å². The lowest BCUT2D eigenvalue weighted by Gasteiger charge is -1.98. The molecule has 0 aromatic rings. The summed E-state index contributed by atoms with van der Waals surface area (Å²) in [6, 6.07) is 2.03. The summed E-state index contributed by atoms with van der Waals surface area (Å²) in [4.78, 5) is 10.8. The Morgan fingerprint density at radius 1 is 1.55 bits per heavy atom. The predicted octanol–water partition coefficient (Wildman–Crippen LogP) is 2.55. The van der Waals surface area contributed by atoms with Crippen molar-refractivity contribution < 1.29 is 4.79 Å². The number of allylic oxidation sites excluding steroid dienone is 2. The summed E-state index contributed by atoms with van der Waals surface area (Å²) in [6.07, 6.45) is 1.13. The van der Waals surface area contributed by atoms with E-state index in [0.717, 1.165) is 5.57 Å². The molecule has 0 unspecified atom stereocenters. The van der Waals surface area contributed by atoms with E-state index in [9.17, 15) is 4.79 Å². The highest BCUT2D eigenvalue weighted by molar-refractivity contribution is 9.12. The van der Waals surface area contributed by atoms with Crippen molar-refractivity contribution >= 4 is 21.7 Å². The van der Waals surface area contributed by atoms with E-state index >= 15 is 0 Å². The van der Waals surface area contributed by atoms with Gasteiger partial charge in [-0.1, -0.05) is 5.57 Å². The number of hydrogen-bond donors (Lipinski definition) is 0. The molecule has 0 aliphatic heterocycles. The maximum Gasteiger partial charge on any atom is 0.166 e. The Bertz CT molecular complexity index is 225. The van der Waals surface area contributed by atoms with Gasteiger partial charge in [-0.2, -0.15) is 5.26 Å². The van der Waals surface area contributed by atoms with Crippen molar-refractivity contribution in [1.29, 1.82) is 5.26 Å². The number of ketones is 1. The smallest absolute Gasteiger partial charge is 0.166 e. The second-order valence-electron chi connectivity index (χ2n) is 2.31. The number of nitriles is 1. The highest BCUT2D eigenvalue weighted by Gasteiger charge is 2.02. The molecule has 0 aromatic carbocycles. The maximum absolute atomic E-state index is 10.8. The minimum absolute atomic E-state index is 0.0143. The number of halogens is 1. The average molecular weight is 216 g/mol. The first-order valence-electron chi connectivity index (χ1n) is 3.32. The van der Waals surface area contributed by atoms with E-state index in [1.54, 1.807) is 0 Å². The monoisotopic (exact) mass is 215 g/mol. The van der Waals surface area contributed by atoms with Gasteiger partial charge in [0.25, 0.3) is 0 Å². The predicted molar refractivity (Wildman–Crippen MR) is 47.2 cm³/mol. The third kappa shape index (κ3) is 3.94. The molecule has 2 nitrogen and oxygen atoms in total. The third-order valence-corrected chi connectivity index (χ3v) is 2.53. The molecule has 60 valence electrons. The Labute approximate surface area is 75.0 Å². The van der Waals surface area contributed by atoms with Crippen molar-refractivity contribution in [1.82, 2.24) is 0 Å². The summed E-state index contributed by atoms with van der Waals surface area (Å²) in [5, 5.41) is 8.26. The Morgan fingerprint density at radius 2 is 2.09 bits per heavy atom. The molecule has 0 aliphatic rings. The zero-order valence-corrected chi connectivity index (χ0v) is 8.23. The Kier molecular flexibility index (Phi) is 4.80. The van der Waals surface area contributed by atoms with E-state index in [4.69, 9.17) is 5.26 Å². The number of nitrogens with zero attached hydrogens (tertiary/aromatic N) is 1. The summed E-state index contributed by atoms with van der Waals surface area (Å²) < 4.78 is 0.604. The summed E-state index contributed by atoms with van der Waals surface area (Å²) in [5.74, 6) is 0.0143. The van der Waals surface area contributed by atoms with Crippen LogP contribution in [0.25, 0.3) is 0 Å². The minimum atomic E-state index is 0.0143. The SMILES string of the molecule is CC(=O)/C(Br)=C(\C)CCC#N. The molecular weight excluding hydrogens is 206 g/mol. The van der Waals surface area contributed by atoms with Crippen molar-refractivity contribution in [2.24, 2.45) is 0 Å². The first kappa shape index (κ1) is 10.4. The summed E-state index contributed by atoms with van der Waals surface area (Å²) in [7, 11) is 0. The van der Waals surface area contributed by atoms with Crippen molar-refractivity contribution in [3.8, 4) is 6.07 Å². The van der Waals surface area contributed by atoms with Gasteiger partial charge < -0.3 is 0 Å². The standard InChI is InChI=1S/C8H10BrNO/c1-6(4-3-5-10)8(9)7(2)11/h3-4H2,1-2H3/b8-6-. The molecule has 0 radical (unpaired) electrons. The molecule has 3 heteroatoms. The van der Waals surface area contributed by atoms with Gasteiger partial charge in [-0.15, -0.1) is 0 Å². The number of hydrogen-bond acceptors (Lipinski definition) is 2. The second-order valence-corrected chi connectivity index (χ2v) is 3.10. The number of Topliss-reactive ketones (excluding diaryl/α,β-unsaturated/α-hetero) is 1. The molecule has 0 bridgehead atoms. The lowest BCUT2D eigenvalue weighted by molar-refractivity contribution is -0.112. The fourth-order valence-corrected chi connectivity index (χ4v) is 0.852. The van der Waals surface area contributed by atoms with Crippen molar-refractivity contribution in [3.63, 3.8) is 0 Å². The highest BCUT2D eigenvalue weighted by atomic mass is 79.9. The second kappa shape index (κ2) is 5.09. The van der Waals surface area contributed by atoms with Crippen LogP contribution in [0, 0.1) is 11.3 Å². The summed E-state index contributed by atoms with van der Waals surface area (Å²) in [5.41, 5.74) is 0.944. The minimum Gasteiger partial charge on any atom is -0.294 e. The third-order valence-electron chi connectivity index (χ3n) is 1.30. The van der Waals surface area contributed by atoms with E-state index in [-0.39, 0.29) is 5.78 Å². The maximum atomic E-state index is 10.8. The van der Waals surface area contributed by atoms with Crippen LogP contribution >= 0.6 is 15.9 Å². The molecular formula is C8H10BrNO. The normalized spacial score (nSPS) is 11.8. The molecule has 0 saturated carbocycles. The summed E-state index contributed by atoms with van der Waals surface area (Å²) in [6.45, 7) is 3.35. The number of carbonyl (C=O) groups is 1. The van der Waals surface area contributed by atoms with Crippen LogP contribution in [0.4, 0.5) is 0 Å². The lowest BCUT2D eigenvalue weighted by atomic mass is 10.1. The zero-order valence-electron chi connectivity index (χ0n) is 6.65. The van der Waals surface area contributed by atoms with E-state index in [1.165, 1.54) is 6.92 Å². The van der Waals surface area contributed by atoms with Gasteiger partial charge in [0.1, 0.15) is 0 Å². The summed E-state index contributed by atoms with van der Waals surface area (Å²) >= 11 is 3.16. The van der Waals surface area contributed by atoms with E-state index in [0.29, 0.717) is 17.3 Å². The van der Waals surface area contributed by atoms with Crippen LogP contribution < -0.4 is 0 Å². The fraction of sp³-hybridized carbons (Fsp3) is 0.500. The highest BCUT2D eigenvalue weighted by Crippen LogP contribution is 2.16. The van der Waals surface area contributed by atoms with Gasteiger partial charge in [0.15, 0.2) is 5.78 Å². The van der Waals surface area contributed by atoms with Gasteiger partial charge in [-0.3, -0.25) is 4.79 Å². The van der Waals surface area contributed by atoms with Crippen LogP contribution in [0.15, 0.2) is 10.1 Å². The molecule has 11 heavy (non-hydrogen) atoms. The molecule has 0 rings (SSSR count). The Balaban J connectivity index is 4.19. The largest absolute Gasteiger partial charge is 0.294 e. The van der Waals surface area contributed by atoms with Gasteiger partial charge >= 0.3 is 0 Å². The quantitative estimate of drug-likeness (QED) is 0.680. The van der Waals surface area contributed by atoms with Crippen molar-refractivity contribution in [3.05, 3.63) is 10.1 Å². The van der Waals surface area contributed by atoms with Gasteiger partial charge in [-0.25, -0.2) is 0 Å². The van der Waals surface area contributed by atoms with Crippen LogP contribution in [0.1, 0.15) is 26.7 Å². The Hall–Kier alpha value is -0.620. The molecule has 0 fully saturated rings. The van der Waals surface area contributed by atoms with E-state index in [2.05, 4.69) is 15.9 Å². The molecule has 0 atom stereocenters. The first-order valence-corrected chi connectivity index (χ1v) is 4.12. The van der Waals surface area contributed by atoms with Crippen LogP contribution in [0.3, 0.4) is 0 Å². The molecule has 0 heterocycles. The number of rotatable bonds is 3. The van der Waals surface area contributed by atoms with Gasteiger partial charge in [-0.05, 0) is 36.2 Å². The Morgan fingerprint density at radius 3 is 2.45 bits per heavy atom. The van der Waals surface area contributed by atoms with E-state index < -0.39 is 0 Å². The lowest BCUT2D eigenvalue weighted by Crippen LogP contribution is -1.92. The van der Waals surface area contributed by atoms with Crippen LogP contribution in [-0.2, 0) is 4.79 Å². The fourth-order valence-electron chi connectivity index (χ4n) is 0.654. The number of carbonyl (C=O) groups excluding carboxylic acids is 1. The molecule has 0 amide bonds.